The van der Waals surface area contributed by atoms with Crippen molar-refractivity contribution in [3.8, 4) is 17.2 Å². The van der Waals surface area contributed by atoms with E-state index in [1.165, 1.54) is 18.4 Å². The minimum Gasteiger partial charge on any atom is -0.496 e. The van der Waals surface area contributed by atoms with Crippen LogP contribution in [0.1, 0.15) is 35.2 Å². The van der Waals surface area contributed by atoms with E-state index in [0.717, 1.165) is 28.0 Å². The first kappa shape index (κ1) is 25.9. The molecular formula is C31H28N2O6S. The van der Waals surface area contributed by atoms with Gasteiger partial charge in [-0.15, -0.1) is 0 Å². The zero-order valence-electron chi connectivity index (χ0n) is 22.5. The van der Waals surface area contributed by atoms with Gasteiger partial charge in [0.05, 0.1) is 24.8 Å². The summed E-state index contributed by atoms with van der Waals surface area (Å²) in [6.45, 7) is 4.07. The number of hydrogen-bond donors (Lipinski definition) is 0. The molecule has 0 saturated heterocycles. The lowest BCUT2D eigenvalue weighted by atomic mass is 9.81. The number of aryl methyl sites for hydroxylation is 1. The van der Waals surface area contributed by atoms with Gasteiger partial charge in [-0.25, -0.2) is 4.99 Å². The van der Waals surface area contributed by atoms with Crippen LogP contribution < -0.4 is 29.1 Å². The first-order chi connectivity index (χ1) is 19.3. The van der Waals surface area contributed by atoms with Crippen LogP contribution >= 0.6 is 11.3 Å². The maximum Gasteiger partial charge on any atom is 0.317 e. The molecule has 4 aromatic rings. The Hall–Kier alpha value is -4.37. The molecule has 3 heterocycles. The summed E-state index contributed by atoms with van der Waals surface area (Å²) in [5.41, 5.74) is 2.02. The Morgan fingerprint density at radius 3 is 2.65 bits per heavy atom. The zero-order valence-corrected chi connectivity index (χ0v) is 23.4. The van der Waals surface area contributed by atoms with E-state index in [0.29, 0.717) is 27.4 Å². The van der Waals surface area contributed by atoms with Crippen molar-refractivity contribution < 1.29 is 23.7 Å². The second kappa shape index (κ2) is 9.98. The van der Waals surface area contributed by atoms with Crippen LogP contribution in [0.2, 0.25) is 0 Å². The standard InChI is InChI=1S/C31H28N2O6S/c1-18-9-5-7-11-22(18)38-17-20-15-19(13-14-23(20)36-3)16-25-28(34)33-27-21-10-6-8-12-24(21)39-31(2,32-30(33)40-25)26(27)29(35)37-4/h5-16,26-27H,17H2,1-4H3/b25-16+/t26-,27+,31+/m0/s1. The Bertz CT molecular complexity index is 1810. The van der Waals surface area contributed by atoms with Gasteiger partial charge in [-0.3, -0.25) is 14.2 Å². The summed E-state index contributed by atoms with van der Waals surface area (Å²) in [6.07, 6.45) is 1.83. The number of para-hydroxylation sites is 2. The second-order valence-corrected chi connectivity index (χ2v) is 11.0. The summed E-state index contributed by atoms with van der Waals surface area (Å²) in [5, 5.41) is 0. The van der Waals surface area contributed by atoms with E-state index in [4.69, 9.17) is 23.9 Å². The van der Waals surface area contributed by atoms with Gasteiger partial charge >= 0.3 is 5.97 Å². The van der Waals surface area contributed by atoms with Gasteiger partial charge in [0, 0.05) is 11.1 Å². The first-order valence-corrected chi connectivity index (χ1v) is 13.7. The molecule has 8 nitrogen and oxygen atoms in total. The number of nitrogens with zero attached hydrogens (tertiary/aromatic N) is 2. The normalized spacial score (nSPS) is 20.9. The van der Waals surface area contributed by atoms with Crippen molar-refractivity contribution in [1.82, 2.24) is 4.57 Å². The number of carbonyl (C=O) groups is 1. The van der Waals surface area contributed by atoms with E-state index in [2.05, 4.69) is 0 Å². The molecule has 0 radical (unpaired) electrons. The number of carbonyl (C=O) groups excluding carboxylic acids is 1. The fraction of sp³-hybridized carbons (Fsp3) is 0.258. The maximum absolute atomic E-state index is 13.9. The molecule has 2 aliphatic heterocycles. The van der Waals surface area contributed by atoms with E-state index < -0.39 is 23.7 Å². The number of benzene rings is 3. The molecule has 204 valence electrons. The highest BCUT2D eigenvalue weighted by molar-refractivity contribution is 7.07. The average molecular weight is 557 g/mol. The minimum absolute atomic E-state index is 0.227. The molecule has 0 aliphatic carbocycles. The Balaban J connectivity index is 1.44. The number of aromatic nitrogens is 1. The molecule has 2 bridgehead atoms. The molecular weight excluding hydrogens is 528 g/mol. The van der Waals surface area contributed by atoms with Crippen molar-refractivity contribution in [3.05, 3.63) is 109 Å². The van der Waals surface area contributed by atoms with Gasteiger partial charge in [-0.2, -0.15) is 0 Å². The molecule has 0 fully saturated rings. The Labute approximate surface area is 234 Å². The third-order valence-corrected chi connectivity index (χ3v) is 8.40. The van der Waals surface area contributed by atoms with E-state index in [1.54, 1.807) is 18.6 Å². The summed E-state index contributed by atoms with van der Waals surface area (Å²) in [5.74, 6) is 0.799. The van der Waals surface area contributed by atoms with Crippen molar-refractivity contribution in [2.45, 2.75) is 32.2 Å². The quantitative estimate of drug-likeness (QED) is 0.336. The SMILES string of the molecule is COC(=O)[C@@H]1[C@H]2c3ccccc3O[C@@]1(C)N=c1s/c(=C/c3ccc(OC)c(COc4ccccc4C)c3)c(=O)n12. The number of rotatable bonds is 6. The number of hydrogen-bond acceptors (Lipinski definition) is 8. The number of thiazole rings is 1. The van der Waals surface area contributed by atoms with E-state index in [-0.39, 0.29) is 5.56 Å². The average Bonchev–Trinajstić information content (AvgIpc) is 3.24. The Morgan fingerprint density at radius 2 is 1.88 bits per heavy atom. The highest BCUT2D eigenvalue weighted by Crippen LogP contribution is 2.47. The lowest BCUT2D eigenvalue weighted by Gasteiger charge is -2.44. The Kier molecular flexibility index (Phi) is 6.46. The van der Waals surface area contributed by atoms with Crippen LogP contribution in [-0.4, -0.2) is 30.5 Å². The van der Waals surface area contributed by atoms with Crippen molar-refractivity contribution >= 4 is 23.4 Å². The zero-order chi connectivity index (χ0) is 28.0. The molecule has 0 amide bonds. The van der Waals surface area contributed by atoms with Crippen molar-refractivity contribution in [2.24, 2.45) is 10.9 Å². The number of methoxy groups -OCH3 is 2. The second-order valence-electron chi connectivity index (χ2n) is 9.95. The predicted molar refractivity (Wildman–Crippen MR) is 151 cm³/mol. The molecule has 0 spiro atoms. The van der Waals surface area contributed by atoms with Gasteiger partial charge in [-0.05, 0) is 55.3 Å². The van der Waals surface area contributed by atoms with Crippen molar-refractivity contribution in [1.29, 1.82) is 0 Å². The van der Waals surface area contributed by atoms with Crippen LogP contribution in [0, 0.1) is 12.8 Å². The van der Waals surface area contributed by atoms with Crippen LogP contribution in [0.4, 0.5) is 0 Å². The summed E-state index contributed by atoms with van der Waals surface area (Å²) >= 11 is 1.27. The van der Waals surface area contributed by atoms with E-state index in [1.807, 2.05) is 79.7 Å². The molecule has 0 unspecified atom stereocenters. The number of esters is 1. The first-order valence-electron chi connectivity index (χ1n) is 12.9. The van der Waals surface area contributed by atoms with Crippen LogP contribution in [0.15, 0.2) is 76.5 Å². The van der Waals surface area contributed by atoms with Crippen LogP contribution in [-0.2, 0) is 16.1 Å². The third kappa shape index (κ3) is 4.26. The van der Waals surface area contributed by atoms with Gasteiger partial charge in [0.1, 0.15) is 29.8 Å². The number of ether oxygens (including phenoxy) is 4. The van der Waals surface area contributed by atoms with E-state index in [9.17, 15) is 9.59 Å². The van der Waals surface area contributed by atoms with Gasteiger partial charge in [0.25, 0.3) is 5.56 Å². The van der Waals surface area contributed by atoms with Gasteiger partial charge in [0.2, 0.25) is 5.72 Å². The third-order valence-electron chi connectivity index (χ3n) is 7.41. The van der Waals surface area contributed by atoms with Crippen LogP contribution in [0.3, 0.4) is 0 Å². The van der Waals surface area contributed by atoms with Gasteiger partial charge in [0.15, 0.2) is 4.80 Å². The topological polar surface area (TPSA) is 88.4 Å². The molecule has 1 aromatic heterocycles. The summed E-state index contributed by atoms with van der Waals surface area (Å²) in [4.78, 5) is 32.2. The summed E-state index contributed by atoms with van der Waals surface area (Å²) < 4.78 is 25.1. The Morgan fingerprint density at radius 1 is 1.10 bits per heavy atom. The monoisotopic (exact) mass is 556 g/mol. The predicted octanol–water partition coefficient (Wildman–Crippen LogP) is 3.76. The minimum atomic E-state index is -1.21. The lowest BCUT2D eigenvalue weighted by molar-refractivity contribution is -0.158. The molecule has 6 rings (SSSR count). The molecule has 0 N–H and O–H groups in total. The molecule has 9 heteroatoms. The lowest BCUT2D eigenvalue weighted by Crippen LogP contribution is -2.58. The smallest absolute Gasteiger partial charge is 0.317 e. The number of fused-ring (bicyclic) bond motifs is 6. The van der Waals surface area contributed by atoms with Crippen LogP contribution in [0.25, 0.3) is 6.08 Å². The molecule has 3 aromatic carbocycles. The van der Waals surface area contributed by atoms with Crippen molar-refractivity contribution in [3.63, 3.8) is 0 Å². The molecule has 0 saturated carbocycles. The molecule has 40 heavy (non-hydrogen) atoms. The molecule has 3 atom stereocenters. The van der Waals surface area contributed by atoms with Crippen molar-refractivity contribution in [2.75, 3.05) is 14.2 Å². The largest absolute Gasteiger partial charge is 0.496 e. The summed E-state index contributed by atoms with van der Waals surface area (Å²) in [7, 11) is 2.95. The maximum atomic E-state index is 13.9. The van der Waals surface area contributed by atoms with Crippen LogP contribution in [0.5, 0.6) is 17.2 Å². The van der Waals surface area contributed by atoms with Gasteiger partial charge in [-0.1, -0.05) is 53.8 Å². The highest BCUT2D eigenvalue weighted by atomic mass is 32.1. The fourth-order valence-corrected chi connectivity index (χ4v) is 6.56. The van der Waals surface area contributed by atoms with E-state index >= 15 is 0 Å². The summed E-state index contributed by atoms with van der Waals surface area (Å²) in [6, 6.07) is 20.4. The fourth-order valence-electron chi connectivity index (χ4n) is 5.46. The van der Waals surface area contributed by atoms with Gasteiger partial charge < -0.3 is 18.9 Å². The highest BCUT2D eigenvalue weighted by Gasteiger charge is 2.55. The molecule has 2 aliphatic rings.